The Bertz CT molecular complexity index is 853. The fraction of sp³-hybridized carbons (Fsp3) is 0.978. The quantitative estimate of drug-likeness (QED) is 0.0262. The molecule has 9 heteroatoms. The number of hydrogen-bond acceptors (Lipinski definition) is 7. The molecule has 8 nitrogen and oxygen atoms in total. The molecule has 0 N–H and O–H groups in total. The number of rotatable bonds is 45. The molecule has 330 valence electrons. The van der Waals surface area contributed by atoms with Crippen LogP contribution in [0.2, 0.25) is 0 Å². The zero-order valence-electron chi connectivity index (χ0n) is 37.4. The van der Waals surface area contributed by atoms with Crippen molar-refractivity contribution in [3.05, 3.63) is 0 Å². The van der Waals surface area contributed by atoms with Crippen molar-refractivity contribution >= 4 is 13.8 Å². The van der Waals surface area contributed by atoms with E-state index in [0.717, 1.165) is 32.1 Å². The molecule has 2 atom stereocenters. The number of phosphoric acid groups is 1. The van der Waals surface area contributed by atoms with Crippen LogP contribution in [0.25, 0.3) is 0 Å². The molecule has 0 aliphatic heterocycles. The van der Waals surface area contributed by atoms with E-state index in [9.17, 15) is 14.3 Å². The van der Waals surface area contributed by atoms with Crippen LogP contribution in [-0.2, 0) is 27.9 Å². The maximum Gasteiger partial charge on any atom is 0.306 e. The Balaban J connectivity index is 4.13. The van der Waals surface area contributed by atoms with Gasteiger partial charge in [0.15, 0.2) is 0 Å². The van der Waals surface area contributed by atoms with Gasteiger partial charge in [-0.1, -0.05) is 213 Å². The first-order chi connectivity index (χ1) is 26.6. The highest BCUT2D eigenvalue weighted by Crippen LogP contribution is 2.38. The predicted molar refractivity (Wildman–Crippen MR) is 231 cm³/mol. The van der Waals surface area contributed by atoms with E-state index >= 15 is 0 Å². The molecular weight excluding hydrogens is 709 g/mol. The Labute approximate surface area is 342 Å². The van der Waals surface area contributed by atoms with Gasteiger partial charge in [0, 0.05) is 13.0 Å². The topological polar surface area (TPSA) is 94.1 Å². The number of hydrogen-bond donors (Lipinski definition) is 0. The van der Waals surface area contributed by atoms with Gasteiger partial charge in [-0.2, -0.15) is 0 Å². The second-order valence-electron chi connectivity index (χ2n) is 17.5. The highest BCUT2D eigenvalue weighted by Gasteiger charge is 2.20. The summed E-state index contributed by atoms with van der Waals surface area (Å²) < 4.78 is 34.7. The van der Waals surface area contributed by atoms with Crippen LogP contribution in [0.5, 0.6) is 0 Å². The first-order valence-corrected chi connectivity index (χ1v) is 25.2. The average Bonchev–Trinajstić information content (AvgIpc) is 3.13. The maximum atomic E-state index is 12.7. The van der Waals surface area contributed by atoms with Crippen LogP contribution in [0.1, 0.15) is 232 Å². The van der Waals surface area contributed by atoms with E-state index in [-0.39, 0.29) is 25.8 Å². The van der Waals surface area contributed by atoms with Crippen molar-refractivity contribution in [2.75, 3.05) is 54.1 Å². The monoisotopic (exact) mass is 804 g/mol. The third-order valence-electron chi connectivity index (χ3n) is 10.7. The number of esters is 1. The summed E-state index contributed by atoms with van der Waals surface area (Å²) in [4.78, 5) is 25.1. The van der Waals surface area contributed by atoms with E-state index in [1.165, 1.54) is 180 Å². The fourth-order valence-corrected chi connectivity index (χ4v) is 7.69. The molecule has 0 fully saturated rings. The zero-order valence-corrected chi connectivity index (χ0v) is 38.3. The Morgan fingerprint density at radius 1 is 0.491 bits per heavy atom. The predicted octanol–water partition coefficient (Wildman–Crippen LogP) is 13.4. The molecule has 2 unspecified atom stereocenters. The number of phosphoric ester groups is 1. The molecule has 0 heterocycles. The van der Waals surface area contributed by atoms with E-state index in [4.69, 9.17) is 18.5 Å². The van der Waals surface area contributed by atoms with Crippen molar-refractivity contribution in [1.29, 1.82) is 0 Å². The second kappa shape index (κ2) is 40.3. The lowest BCUT2D eigenvalue weighted by Gasteiger charge is -2.28. The van der Waals surface area contributed by atoms with Gasteiger partial charge in [0.25, 0.3) is 7.82 Å². The normalized spacial score (nSPS) is 13.6. The molecule has 0 spiro atoms. The number of nitrogens with zero attached hydrogens (tertiary/aromatic N) is 1. The second-order valence-corrected chi connectivity index (χ2v) is 18.9. The van der Waals surface area contributed by atoms with Gasteiger partial charge in [-0.3, -0.25) is 9.36 Å². The van der Waals surface area contributed by atoms with Crippen LogP contribution in [0, 0.1) is 0 Å². The third kappa shape index (κ3) is 44.4. The maximum absolute atomic E-state index is 12.7. The Morgan fingerprint density at radius 3 is 1.20 bits per heavy atom. The molecule has 0 aromatic rings. The summed E-state index contributed by atoms with van der Waals surface area (Å²) in [6.45, 7) is 5.48. The Kier molecular flexibility index (Phi) is 39.9. The van der Waals surface area contributed by atoms with Gasteiger partial charge < -0.3 is 27.9 Å². The van der Waals surface area contributed by atoms with Crippen LogP contribution >= 0.6 is 7.82 Å². The molecule has 0 aromatic carbocycles. The minimum absolute atomic E-state index is 0.0315. The average molecular weight is 804 g/mol. The molecular formula is C46H94NO7P. The number of likely N-dealkylation sites (N-methyl/N-ethyl adjacent to an activating group) is 1. The summed E-state index contributed by atoms with van der Waals surface area (Å²) in [7, 11) is 1.38. The van der Waals surface area contributed by atoms with Crippen molar-refractivity contribution < 1.29 is 37.3 Å². The van der Waals surface area contributed by atoms with Crippen molar-refractivity contribution in [2.45, 2.75) is 238 Å². The first kappa shape index (κ1) is 54.5. The van der Waals surface area contributed by atoms with E-state index in [1.54, 1.807) is 0 Å². The van der Waals surface area contributed by atoms with Crippen LogP contribution in [0.3, 0.4) is 0 Å². The summed E-state index contributed by atoms with van der Waals surface area (Å²) in [5, 5.41) is 0. The summed E-state index contributed by atoms with van der Waals surface area (Å²) in [5.41, 5.74) is 0. The van der Waals surface area contributed by atoms with Gasteiger partial charge in [-0.25, -0.2) is 0 Å². The molecule has 0 saturated carbocycles. The van der Waals surface area contributed by atoms with E-state index in [2.05, 4.69) is 13.8 Å². The summed E-state index contributed by atoms with van der Waals surface area (Å²) in [6.07, 6.45) is 42.5. The molecule has 0 aliphatic carbocycles. The highest BCUT2D eigenvalue weighted by atomic mass is 31.2. The summed E-state index contributed by atoms with van der Waals surface area (Å²) >= 11 is 0. The van der Waals surface area contributed by atoms with Crippen molar-refractivity contribution in [3.63, 3.8) is 0 Å². The first-order valence-electron chi connectivity index (χ1n) is 23.8. The number of unbranched alkanes of at least 4 members (excludes halogenated alkanes) is 31. The molecule has 0 radical (unpaired) electrons. The highest BCUT2D eigenvalue weighted by molar-refractivity contribution is 7.45. The van der Waals surface area contributed by atoms with Crippen LogP contribution in [0.4, 0.5) is 0 Å². The van der Waals surface area contributed by atoms with Gasteiger partial charge in [0.2, 0.25) is 0 Å². The minimum Gasteiger partial charge on any atom is -0.756 e. The third-order valence-corrected chi connectivity index (χ3v) is 11.6. The van der Waals surface area contributed by atoms with Crippen molar-refractivity contribution in [1.82, 2.24) is 0 Å². The fourth-order valence-electron chi connectivity index (χ4n) is 6.96. The SMILES string of the molecule is CCCCCCCCCCCCCCCCCCCCOCC(COP(=O)([O-])OCC[N+](C)(C)C)OC(=O)CCCCCCCCCCCCCCCCC. The molecule has 0 amide bonds. The molecule has 0 bridgehead atoms. The zero-order chi connectivity index (χ0) is 40.6. The lowest BCUT2D eigenvalue weighted by molar-refractivity contribution is -0.870. The van der Waals surface area contributed by atoms with Gasteiger partial charge in [-0.05, 0) is 12.8 Å². The molecule has 55 heavy (non-hydrogen) atoms. The number of ether oxygens (including phenoxy) is 2. The Morgan fingerprint density at radius 2 is 0.836 bits per heavy atom. The molecule has 0 saturated heterocycles. The van der Waals surface area contributed by atoms with Crippen LogP contribution in [-0.4, -0.2) is 70.7 Å². The molecule has 0 aliphatic rings. The smallest absolute Gasteiger partial charge is 0.306 e. The van der Waals surface area contributed by atoms with Crippen LogP contribution < -0.4 is 4.89 Å². The summed E-state index contributed by atoms with van der Waals surface area (Å²) in [6, 6.07) is 0. The summed E-state index contributed by atoms with van der Waals surface area (Å²) in [5.74, 6) is -0.327. The van der Waals surface area contributed by atoms with Crippen LogP contribution in [0.15, 0.2) is 0 Å². The van der Waals surface area contributed by atoms with Gasteiger partial charge in [-0.15, -0.1) is 0 Å². The lowest BCUT2D eigenvalue weighted by atomic mass is 10.0. The standard InChI is InChI=1S/C46H94NO7P/c1-6-8-10-12-14-16-18-20-22-23-24-26-28-30-32-34-36-38-41-51-43-45(44-53-55(49,50)52-42-40-47(3,4)5)54-46(48)39-37-35-33-31-29-27-25-21-19-17-15-13-11-9-7-2/h45H,6-44H2,1-5H3. The van der Waals surface area contributed by atoms with Crippen molar-refractivity contribution in [2.24, 2.45) is 0 Å². The lowest BCUT2D eigenvalue weighted by Crippen LogP contribution is -2.37. The Hall–Kier alpha value is -0.500. The van der Waals surface area contributed by atoms with Gasteiger partial charge in [0.05, 0.1) is 34.4 Å². The van der Waals surface area contributed by atoms with E-state index in [1.807, 2.05) is 21.1 Å². The van der Waals surface area contributed by atoms with Gasteiger partial charge >= 0.3 is 5.97 Å². The van der Waals surface area contributed by atoms with E-state index in [0.29, 0.717) is 24.1 Å². The number of carbonyl (C=O) groups is 1. The minimum atomic E-state index is -4.52. The molecule has 0 aromatic heterocycles. The number of carbonyl (C=O) groups excluding carboxylic acids is 1. The molecule has 0 rings (SSSR count). The van der Waals surface area contributed by atoms with Gasteiger partial charge in [0.1, 0.15) is 19.3 Å². The largest absolute Gasteiger partial charge is 0.756 e. The van der Waals surface area contributed by atoms with Crippen molar-refractivity contribution in [3.8, 4) is 0 Å². The number of quaternary nitrogens is 1. The van der Waals surface area contributed by atoms with E-state index < -0.39 is 13.9 Å².